The summed E-state index contributed by atoms with van der Waals surface area (Å²) in [6.45, 7) is 7.12. The van der Waals surface area contributed by atoms with Crippen LogP contribution in [0.4, 0.5) is 0 Å². The van der Waals surface area contributed by atoms with Gasteiger partial charge < -0.3 is 20.9 Å². The molecule has 1 aliphatic heterocycles. The normalized spacial score (nSPS) is 17.4. The van der Waals surface area contributed by atoms with Crippen molar-refractivity contribution >= 4 is 17.6 Å². The zero-order valence-corrected chi connectivity index (χ0v) is 15.3. The van der Waals surface area contributed by atoms with Crippen LogP contribution in [0.1, 0.15) is 58.8 Å². The lowest BCUT2D eigenvalue weighted by molar-refractivity contribution is -0.126. The number of hydrogen-bond acceptors (Lipinski definition) is 4. The lowest BCUT2D eigenvalue weighted by atomic mass is 9.96. The number of aryl methyl sites for hydroxylation is 1. The first kappa shape index (κ1) is 19.2. The van der Waals surface area contributed by atoms with E-state index in [9.17, 15) is 14.4 Å². The largest absolute Gasteiger partial charge is 0.355 e. The number of carbonyl (C=O) groups excluding carboxylic acids is 3. The molecule has 0 aliphatic carbocycles. The van der Waals surface area contributed by atoms with Gasteiger partial charge in [0.15, 0.2) is 5.78 Å². The van der Waals surface area contributed by atoms with Crippen molar-refractivity contribution in [2.45, 2.75) is 40.0 Å². The SMILES string of the molecule is CCc1c(C(=O)N2CCCC(C(=O)NCCN)C2)[nH]c(C)c1C(C)=O. The fraction of sp³-hybridized carbons (Fsp3) is 0.611. The van der Waals surface area contributed by atoms with Crippen LogP contribution in [0.25, 0.3) is 0 Å². The molecule has 0 bridgehead atoms. The standard InChI is InChI=1S/C18H28N4O3/c1-4-14-15(12(3)23)11(2)21-16(14)18(25)22-9-5-6-13(10-22)17(24)20-8-7-19/h13,21H,4-10,19H2,1-3H3,(H,20,24). The van der Waals surface area contributed by atoms with Crippen molar-refractivity contribution in [1.82, 2.24) is 15.2 Å². The fourth-order valence-corrected chi connectivity index (χ4v) is 3.56. The molecular weight excluding hydrogens is 320 g/mol. The monoisotopic (exact) mass is 348 g/mol. The Balaban J connectivity index is 2.19. The number of rotatable bonds is 6. The third-order valence-corrected chi connectivity index (χ3v) is 4.73. The number of ketones is 1. The lowest BCUT2D eigenvalue weighted by Gasteiger charge is -2.32. The van der Waals surface area contributed by atoms with E-state index in [-0.39, 0.29) is 23.5 Å². The number of aromatic amines is 1. The molecule has 1 unspecified atom stereocenters. The maximum Gasteiger partial charge on any atom is 0.270 e. The minimum Gasteiger partial charge on any atom is -0.355 e. The highest BCUT2D eigenvalue weighted by atomic mass is 16.2. The molecule has 0 aromatic carbocycles. The molecule has 1 aromatic rings. The molecule has 7 heteroatoms. The molecule has 0 spiro atoms. The van der Waals surface area contributed by atoms with Crippen LogP contribution in [-0.2, 0) is 11.2 Å². The van der Waals surface area contributed by atoms with Gasteiger partial charge >= 0.3 is 0 Å². The van der Waals surface area contributed by atoms with E-state index < -0.39 is 0 Å². The van der Waals surface area contributed by atoms with Crippen LogP contribution < -0.4 is 11.1 Å². The van der Waals surface area contributed by atoms with Crippen LogP contribution in [0.2, 0.25) is 0 Å². The Morgan fingerprint density at radius 3 is 2.68 bits per heavy atom. The Morgan fingerprint density at radius 1 is 1.36 bits per heavy atom. The quantitative estimate of drug-likeness (QED) is 0.667. The van der Waals surface area contributed by atoms with Gasteiger partial charge in [-0.1, -0.05) is 6.92 Å². The molecule has 2 rings (SSSR count). The highest BCUT2D eigenvalue weighted by Gasteiger charge is 2.31. The summed E-state index contributed by atoms with van der Waals surface area (Å²) >= 11 is 0. The van der Waals surface area contributed by atoms with Crippen molar-refractivity contribution in [2.24, 2.45) is 11.7 Å². The molecule has 1 saturated heterocycles. The van der Waals surface area contributed by atoms with Crippen molar-refractivity contribution in [2.75, 3.05) is 26.2 Å². The van der Waals surface area contributed by atoms with E-state index in [1.165, 1.54) is 6.92 Å². The van der Waals surface area contributed by atoms with Crippen molar-refractivity contribution in [3.05, 3.63) is 22.5 Å². The summed E-state index contributed by atoms with van der Waals surface area (Å²) in [5.74, 6) is -0.436. The summed E-state index contributed by atoms with van der Waals surface area (Å²) < 4.78 is 0. The molecule has 25 heavy (non-hydrogen) atoms. The first-order valence-electron chi connectivity index (χ1n) is 8.90. The van der Waals surface area contributed by atoms with E-state index in [4.69, 9.17) is 5.73 Å². The van der Waals surface area contributed by atoms with E-state index in [2.05, 4.69) is 10.3 Å². The molecule has 2 amide bonds. The highest BCUT2D eigenvalue weighted by Crippen LogP contribution is 2.24. The second-order valence-electron chi connectivity index (χ2n) is 6.56. The molecule has 0 radical (unpaired) electrons. The van der Waals surface area contributed by atoms with Crippen molar-refractivity contribution in [1.29, 1.82) is 0 Å². The highest BCUT2D eigenvalue weighted by molar-refractivity contribution is 6.02. The molecule has 1 aliphatic rings. The van der Waals surface area contributed by atoms with E-state index >= 15 is 0 Å². The second-order valence-corrected chi connectivity index (χ2v) is 6.56. The summed E-state index contributed by atoms with van der Waals surface area (Å²) in [5.41, 5.74) is 8.00. The van der Waals surface area contributed by atoms with Gasteiger partial charge in [-0.15, -0.1) is 0 Å². The Kier molecular flexibility index (Phi) is 6.36. The molecular formula is C18H28N4O3. The van der Waals surface area contributed by atoms with Gasteiger partial charge in [-0.25, -0.2) is 0 Å². The topological polar surface area (TPSA) is 108 Å². The summed E-state index contributed by atoms with van der Waals surface area (Å²) in [6.07, 6.45) is 2.16. The number of aromatic nitrogens is 1. The molecule has 0 saturated carbocycles. The minimum absolute atomic E-state index is 0.0395. The maximum absolute atomic E-state index is 13.0. The summed E-state index contributed by atoms with van der Waals surface area (Å²) in [5, 5.41) is 2.80. The average Bonchev–Trinajstić information content (AvgIpc) is 2.95. The van der Waals surface area contributed by atoms with Crippen molar-refractivity contribution < 1.29 is 14.4 Å². The van der Waals surface area contributed by atoms with Gasteiger partial charge in [0.2, 0.25) is 5.91 Å². The molecule has 1 fully saturated rings. The number of piperidine rings is 1. The molecule has 7 nitrogen and oxygen atoms in total. The number of nitrogens with zero attached hydrogens (tertiary/aromatic N) is 1. The number of likely N-dealkylation sites (tertiary alicyclic amines) is 1. The van der Waals surface area contributed by atoms with E-state index in [0.717, 1.165) is 24.1 Å². The summed E-state index contributed by atoms with van der Waals surface area (Å²) in [7, 11) is 0. The van der Waals surface area contributed by atoms with Gasteiger partial charge in [0, 0.05) is 37.4 Å². The van der Waals surface area contributed by atoms with Crippen LogP contribution in [0, 0.1) is 12.8 Å². The zero-order valence-electron chi connectivity index (χ0n) is 15.3. The van der Waals surface area contributed by atoms with Crippen molar-refractivity contribution in [3.8, 4) is 0 Å². The van der Waals surface area contributed by atoms with Gasteiger partial charge in [0.1, 0.15) is 5.69 Å². The summed E-state index contributed by atoms with van der Waals surface area (Å²) in [6, 6.07) is 0. The molecule has 138 valence electrons. The van der Waals surface area contributed by atoms with E-state index in [1.54, 1.807) is 4.90 Å². The first-order chi connectivity index (χ1) is 11.9. The van der Waals surface area contributed by atoms with Crippen LogP contribution in [0.5, 0.6) is 0 Å². The van der Waals surface area contributed by atoms with Crippen LogP contribution >= 0.6 is 0 Å². The Labute approximate surface area is 148 Å². The Morgan fingerprint density at radius 2 is 2.08 bits per heavy atom. The van der Waals surface area contributed by atoms with Crippen LogP contribution in [-0.4, -0.2) is 53.7 Å². The number of nitrogens with one attached hydrogen (secondary N) is 2. The van der Waals surface area contributed by atoms with Gasteiger partial charge in [-0.3, -0.25) is 14.4 Å². The third-order valence-electron chi connectivity index (χ3n) is 4.73. The number of amides is 2. The second kappa shape index (κ2) is 8.29. The number of carbonyl (C=O) groups is 3. The van der Waals surface area contributed by atoms with Gasteiger partial charge in [-0.05, 0) is 38.7 Å². The van der Waals surface area contributed by atoms with Crippen LogP contribution in [0.3, 0.4) is 0 Å². The first-order valence-corrected chi connectivity index (χ1v) is 8.90. The van der Waals surface area contributed by atoms with Gasteiger partial charge in [0.25, 0.3) is 5.91 Å². The molecule has 1 atom stereocenters. The predicted octanol–water partition coefficient (Wildman–Crippen LogP) is 1.02. The number of Topliss-reactive ketones (excluding diaryl/α,β-unsaturated/α-hetero) is 1. The van der Waals surface area contributed by atoms with E-state index in [1.807, 2.05) is 13.8 Å². The summed E-state index contributed by atoms with van der Waals surface area (Å²) in [4.78, 5) is 41.9. The minimum atomic E-state index is -0.210. The average molecular weight is 348 g/mol. The van der Waals surface area contributed by atoms with E-state index in [0.29, 0.717) is 43.9 Å². The molecule has 1 aromatic heterocycles. The zero-order chi connectivity index (χ0) is 18.6. The van der Waals surface area contributed by atoms with Crippen molar-refractivity contribution in [3.63, 3.8) is 0 Å². The number of nitrogens with two attached hydrogens (primary N) is 1. The Hall–Kier alpha value is -2.15. The molecule has 2 heterocycles. The fourth-order valence-electron chi connectivity index (χ4n) is 3.56. The molecule has 4 N–H and O–H groups in total. The third kappa shape index (κ3) is 4.10. The number of hydrogen-bond donors (Lipinski definition) is 3. The van der Waals surface area contributed by atoms with Gasteiger partial charge in [-0.2, -0.15) is 0 Å². The Bertz CT molecular complexity index is 666. The number of H-pyrrole nitrogens is 1. The van der Waals surface area contributed by atoms with Crippen LogP contribution in [0.15, 0.2) is 0 Å². The van der Waals surface area contributed by atoms with Gasteiger partial charge in [0.05, 0.1) is 5.92 Å². The maximum atomic E-state index is 13.0. The lowest BCUT2D eigenvalue weighted by Crippen LogP contribution is -2.46. The predicted molar refractivity (Wildman–Crippen MR) is 95.6 cm³/mol. The smallest absolute Gasteiger partial charge is 0.270 e.